The lowest BCUT2D eigenvalue weighted by Gasteiger charge is -2.11. The Kier molecular flexibility index (Phi) is 2.56. The molecule has 0 aliphatic heterocycles. The van der Waals surface area contributed by atoms with Crippen molar-refractivity contribution in [2.45, 2.75) is 23.3 Å². The summed E-state index contributed by atoms with van der Waals surface area (Å²) in [5.41, 5.74) is -0.393. The van der Waals surface area contributed by atoms with E-state index in [9.17, 15) is 18.3 Å². The SMILES string of the molecule is CS(=O)(=O)c1ccc(O)c(C2(N=C=O)CC2)c1. The molecule has 1 aromatic rings. The van der Waals surface area contributed by atoms with E-state index in [4.69, 9.17) is 0 Å². The number of benzene rings is 1. The molecule has 0 atom stereocenters. The topological polar surface area (TPSA) is 83.8 Å². The third kappa shape index (κ3) is 2.09. The lowest BCUT2D eigenvalue weighted by Crippen LogP contribution is -2.05. The van der Waals surface area contributed by atoms with Crippen molar-refractivity contribution in [2.75, 3.05) is 6.26 Å². The summed E-state index contributed by atoms with van der Waals surface area (Å²) in [6, 6.07) is 4.01. The van der Waals surface area contributed by atoms with Crippen LogP contribution >= 0.6 is 0 Å². The van der Waals surface area contributed by atoms with Crippen LogP contribution in [0.15, 0.2) is 28.1 Å². The van der Waals surface area contributed by atoms with Crippen molar-refractivity contribution in [1.82, 2.24) is 0 Å². The van der Waals surface area contributed by atoms with Crippen LogP contribution in [0.5, 0.6) is 5.75 Å². The molecule has 0 saturated heterocycles. The first-order chi connectivity index (χ1) is 7.89. The van der Waals surface area contributed by atoms with Crippen LogP contribution in [0.25, 0.3) is 0 Å². The summed E-state index contributed by atoms with van der Waals surface area (Å²) in [5, 5.41) is 9.72. The molecule has 17 heavy (non-hydrogen) atoms. The number of isocyanates is 1. The molecule has 1 aromatic carbocycles. The van der Waals surface area contributed by atoms with Crippen LogP contribution in [0.3, 0.4) is 0 Å². The molecule has 1 aliphatic carbocycles. The molecule has 6 heteroatoms. The van der Waals surface area contributed by atoms with Gasteiger partial charge in [0, 0.05) is 11.8 Å². The molecule has 0 unspecified atom stereocenters. The predicted molar refractivity (Wildman–Crippen MR) is 60.3 cm³/mol. The molecular formula is C11H11NO4S. The summed E-state index contributed by atoms with van der Waals surface area (Å²) in [4.78, 5) is 14.1. The number of nitrogens with zero attached hydrogens (tertiary/aromatic N) is 1. The van der Waals surface area contributed by atoms with E-state index in [1.54, 1.807) is 0 Å². The summed E-state index contributed by atoms with van der Waals surface area (Å²) in [6.45, 7) is 0. The highest BCUT2D eigenvalue weighted by molar-refractivity contribution is 7.90. The fraction of sp³-hybridized carbons (Fsp3) is 0.364. The molecule has 0 heterocycles. The van der Waals surface area contributed by atoms with Crippen molar-refractivity contribution in [3.8, 4) is 5.75 Å². The van der Waals surface area contributed by atoms with E-state index in [1.165, 1.54) is 24.3 Å². The standard InChI is InChI=1S/C11H11NO4S/c1-17(15,16)8-2-3-10(14)9(6-8)11(4-5-11)12-7-13/h2-3,6,14H,4-5H2,1H3. The van der Waals surface area contributed by atoms with Gasteiger partial charge in [-0.25, -0.2) is 13.2 Å². The fourth-order valence-corrected chi connectivity index (χ4v) is 2.41. The maximum atomic E-state index is 11.4. The highest BCUT2D eigenvalue weighted by Crippen LogP contribution is 2.52. The third-order valence-electron chi connectivity index (χ3n) is 2.88. The summed E-state index contributed by atoms with van der Waals surface area (Å²) in [7, 11) is -3.34. The number of aliphatic imine (C=N–C) groups is 1. The number of sulfone groups is 1. The molecule has 1 aliphatic rings. The quantitative estimate of drug-likeness (QED) is 0.646. The first kappa shape index (κ1) is 11.8. The zero-order valence-corrected chi connectivity index (χ0v) is 9.99. The van der Waals surface area contributed by atoms with Gasteiger partial charge in [-0.3, -0.25) is 0 Å². The Labute approximate surface area is 98.7 Å². The molecule has 1 N–H and O–H groups in total. The van der Waals surface area contributed by atoms with Crippen LogP contribution < -0.4 is 0 Å². The minimum atomic E-state index is -3.34. The average molecular weight is 253 g/mol. The van der Waals surface area contributed by atoms with Crippen molar-refractivity contribution in [1.29, 1.82) is 0 Å². The van der Waals surface area contributed by atoms with Gasteiger partial charge in [0.25, 0.3) is 0 Å². The van der Waals surface area contributed by atoms with Gasteiger partial charge >= 0.3 is 0 Å². The lowest BCUT2D eigenvalue weighted by atomic mass is 10.0. The van der Waals surface area contributed by atoms with Crippen LogP contribution in [0, 0.1) is 0 Å². The Morgan fingerprint density at radius 2 is 2.06 bits per heavy atom. The highest BCUT2D eigenvalue weighted by atomic mass is 32.2. The van der Waals surface area contributed by atoms with Crippen molar-refractivity contribution in [3.63, 3.8) is 0 Å². The number of aromatic hydroxyl groups is 1. The fourth-order valence-electron chi connectivity index (χ4n) is 1.77. The Balaban J connectivity index is 2.59. The van der Waals surface area contributed by atoms with Gasteiger partial charge in [0.05, 0.1) is 4.90 Å². The van der Waals surface area contributed by atoms with Gasteiger partial charge in [-0.15, -0.1) is 0 Å². The van der Waals surface area contributed by atoms with Gasteiger partial charge in [-0.2, -0.15) is 4.99 Å². The second-order valence-corrected chi connectivity index (χ2v) is 6.20. The van der Waals surface area contributed by atoms with E-state index < -0.39 is 15.4 Å². The van der Waals surface area contributed by atoms with Crippen LogP contribution in [0.4, 0.5) is 0 Å². The van der Waals surface area contributed by atoms with Gasteiger partial charge < -0.3 is 5.11 Å². The number of hydrogen-bond acceptors (Lipinski definition) is 5. The molecule has 1 fully saturated rings. The van der Waals surface area contributed by atoms with Crippen LogP contribution in [-0.2, 0) is 20.2 Å². The van der Waals surface area contributed by atoms with E-state index in [2.05, 4.69) is 4.99 Å². The zero-order chi connectivity index (χ0) is 12.7. The summed E-state index contributed by atoms with van der Waals surface area (Å²) >= 11 is 0. The summed E-state index contributed by atoms with van der Waals surface area (Å²) in [6.07, 6.45) is 3.79. The number of hydrogen-bond donors (Lipinski definition) is 1. The first-order valence-corrected chi connectivity index (χ1v) is 6.91. The van der Waals surface area contributed by atoms with E-state index in [0.29, 0.717) is 18.4 Å². The second-order valence-electron chi connectivity index (χ2n) is 4.19. The van der Waals surface area contributed by atoms with Gasteiger partial charge in [-0.05, 0) is 31.0 Å². The Morgan fingerprint density at radius 1 is 1.41 bits per heavy atom. The minimum absolute atomic E-state index is 0.0473. The third-order valence-corrected chi connectivity index (χ3v) is 3.99. The smallest absolute Gasteiger partial charge is 0.235 e. The van der Waals surface area contributed by atoms with Gasteiger partial charge in [0.2, 0.25) is 6.08 Å². The van der Waals surface area contributed by atoms with E-state index in [0.717, 1.165) is 6.26 Å². The Bertz CT molecular complexity index is 610. The number of carbonyl (C=O) groups excluding carboxylic acids is 1. The zero-order valence-electron chi connectivity index (χ0n) is 9.17. The predicted octanol–water partition coefficient (Wildman–Crippen LogP) is 1.12. The highest BCUT2D eigenvalue weighted by Gasteiger charge is 2.47. The summed E-state index contributed by atoms with van der Waals surface area (Å²) in [5.74, 6) is -0.0473. The number of phenols is 1. The maximum absolute atomic E-state index is 11.4. The molecule has 0 radical (unpaired) electrons. The van der Waals surface area contributed by atoms with E-state index >= 15 is 0 Å². The molecule has 0 bridgehead atoms. The minimum Gasteiger partial charge on any atom is -0.508 e. The van der Waals surface area contributed by atoms with Crippen LogP contribution in [0.2, 0.25) is 0 Å². The summed E-state index contributed by atoms with van der Waals surface area (Å²) < 4.78 is 22.8. The molecule has 0 aromatic heterocycles. The second kappa shape index (κ2) is 3.68. The van der Waals surface area contributed by atoms with Crippen molar-refractivity contribution in [3.05, 3.63) is 23.8 Å². The number of rotatable bonds is 3. The molecule has 0 amide bonds. The van der Waals surface area contributed by atoms with Crippen molar-refractivity contribution < 1.29 is 18.3 Å². The Morgan fingerprint density at radius 3 is 2.53 bits per heavy atom. The van der Waals surface area contributed by atoms with Gasteiger partial charge in [0.1, 0.15) is 11.3 Å². The van der Waals surface area contributed by atoms with E-state index in [1.807, 2.05) is 0 Å². The van der Waals surface area contributed by atoms with Gasteiger partial charge in [0.15, 0.2) is 9.84 Å². The molecule has 2 rings (SSSR count). The lowest BCUT2D eigenvalue weighted by molar-refractivity contribution is 0.458. The molecule has 90 valence electrons. The van der Waals surface area contributed by atoms with Crippen LogP contribution in [-0.4, -0.2) is 25.9 Å². The number of phenolic OH excluding ortho intramolecular Hbond substituents is 1. The maximum Gasteiger partial charge on any atom is 0.235 e. The largest absolute Gasteiger partial charge is 0.508 e. The first-order valence-electron chi connectivity index (χ1n) is 5.02. The van der Waals surface area contributed by atoms with Crippen LogP contribution in [0.1, 0.15) is 18.4 Å². The Hall–Kier alpha value is -1.65. The normalized spacial score (nSPS) is 17.2. The van der Waals surface area contributed by atoms with E-state index in [-0.39, 0.29) is 10.6 Å². The van der Waals surface area contributed by atoms with Crippen molar-refractivity contribution in [2.24, 2.45) is 4.99 Å². The molecule has 5 nitrogen and oxygen atoms in total. The molecule has 0 spiro atoms. The molecular weight excluding hydrogens is 242 g/mol. The average Bonchev–Trinajstić information content (AvgIpc) is 2.98. The monoisotopic (exact) mass is 253 g/mol. The van der Waals surface area contributed by atoms with Gasteiger partial charge in [-0.1, -0.05) is 0 Å². The van der Waals surface area contributed by atoms with Crippen molar-refractivity contribution >= 4 is 15.9 Å². The molecule has 1 saturated carbocycles.